The average molecular weight is 464 g/mol. The molecule has 0 saturated carbocycles. The SMILES string of the molecule is CCOC(=O)c1cc(C(C)C)n(-c2cc(-c3ccccc3)cc(C(=O)NC(C)COC)c2C)n1. The number of nitrogens with zero attached hydrogens (tertiary/aromatic N) is 2. The van der Waals surface area contributed by atoms with Gasteiger partial charge in [0, 0.05) is 24.4 Å². The van der Waals surface area contributed by atoms with Crippen molar-refractivity contribution < 1.29 is 19.1 Å². The van der Waals surface area contributed by atoms with E-state index in [0.717, 1.165) is 28.1 Å². The van der Waals surface area contributed by atoms with Gasteiger partial charge in [0.05, 0.1) is 18.9 Å². The lowest BCUT2D eigenvalue weighted by Gasteiger charge is -2.19. The molecule has 34 heavy (non-hydrogen) atoms. The van der Waals surface area contributed by atoms with Crippen molar-refractivity contribution in [3.63, 3.8) is 0 Å². The molecular weight excluding hydrogens is 430 g/mol. The Morgan fingerprint density at radius 1 is 1.06 bits per heavy atom. The lowest BCUT2D eigenvalue weighted by molar-refractivity contribution is 0.0518. The number of rotatable bonds is 9. The summed E-state index contributed by atoms with van der Waals surface area (Å²) in [6, 6.07) is 15.4. The molecule has 0 aliphatic heterocycles. The third kappa shape index (κ3) is 5.54. The van der Waals surface area contributed by atoms with E-state index in [4.69, 9.17) is 9.47 Å². The van der Waals surface area contributed by atoms with Crippen molar-refractivity contribution in [3.05, 3.63) is 71.0 Å². The number of hydrogen-bond acceptors (Lipinski definition) is 5. The highest BCUT2D eigenvalue weighted by Crippen LogP contribution is 2.30. The third-order valence-corrected chi connectivity index (χ3v) is 5.57. The molecule has 0 saturated heterocycles. The first-order valence-corrected chi connectivity index (χ1v) is 11.5. The van der Waals surface area contributed by atoms with Gasteiger partial charge in [-0.2, -0.15) is 5.10 Å². The first-order valence-electron chi connectivity index (χ1n) is 11.5. The molecule has 0 aliphatic rings. The Labute approximate surface area is 201 Å². The number of carbonyl (C=O) groups is 2. The van der Waals surface area contributed by atoms with Crippen LogP contribution in [0.4, 0.5) is 0 Å². The number of aromatic nitrogens is 2. The van der Waals surface area contributed by atoms with Crippen LogP contribution in [0.1, 0.15) is 65.7 Å². The molecule has 2 aromatic carbocycles. The normalized spacial score (nSPS) is 12.0. The van der Waals surface area contributed by atoms with Gasteiger partial charge in [-0.25, -0.2) is 9.48 Å². The van der Waals surface area contributed by atoms with E-state index in [1.807, 2.05) is 70.2 Å². The maximum Gasteiger partial charge on any atom is 0.358 e. The minimum absolute atomic E-state index is 0.0921. The van der Waals surface area contributed by atoms with E-state index in [9.17, 15) is 9.59 Å². The molecule has 0 aliphatic carbocycles. The maximum atomic E-state index is 13.3. The van der Waals surface area contributed by atoms with Crippen molar-refractivity contribution in [2.24, 2.45) is 0 Å². The summed E-state index contributed by atoms with van der Waals surface area (Å²) in [5.41, 5.74) is 5.01. The molecule has 0 spiro atoms. The molecule has 0 radical (unpaired) electrons. The van der Waals surface area contributed by atoms with Crippen molar-refractivity contribution in [1.29, 1.82) is 0 Å². The van der Waals surface area contributed by atoms with Crippen LogP contribution in [0, 0.1) is 6.92 Å². The van der Waals surface area contributed by atoms with Gasteiger partial charge in [0.2, 0.25) is 0 Å². The quantitative estimate of drug-likeness (QED) is 0.456. The molecule has 1 unspecified atom stereocenters. The second-order valence-electron chi connectivity index (χ2n) is 8.61. The van der Waals surface area contributed by atoms with Gasteiger partial charge in [-0.15, -0.1) is 0 Å². The van der Waals surface area contributed by atoms with Gasteiger partial charge in [-0.1, -0.05) is 44.2 Å². The molecule has 1 atom stereocenters. The Balaban J connectivity index is 2.21. The topological polar surface area (TPSA) is 82.5 Å². The van der Waals surface area contributed by atoms with Gasteiger partial charge in [0.15, 0.2) is 5.69 Å². The molecule has 3 aromatic rings. The maximum absolute atomic E-state index is 13.3. The van der Waals surface area contributed by atoms with E-state index in [0.29, 0.717) is 12.2 Å². The predicted octanol–water partition coefficient (Wildman–Crippen LogP) is 4.91. The predicted molar refractivity (Wildman–Crippen MR) is 133 cm³/mol. The fourth-order valence-corrected chi connectivity index (χ4v) is 3.85. The average Bonchev–Trinajstić information content (AvgIpc) is 3.26. The molecule has 0 fully saturated rings. The zero-order valence-corrected chi connectivity index (χ0v) is 20.7. The molecule has 180 valence electrons. The second-order valence-corrected chi connectivity index (χ2v) is 8.61. The Bertz CT molecular complexity index is 1150. The molecule has 7 nitrogen and oxygen atoms in total. The minimum Gasteiger partial charge on any atom is -0.461 e. The molecule has 7 heteroatoms. The van der Waals surface area contributed by atoms with Gasteiger partial charge in [0.1, 0.15) is 0 Å². The van der Waals surface area contributed by atoms with Crippen molar-refractivity contribution in [2.75, 3.05) is 20.3 Å². The van der Waals surface area contributed by atoms with Crippen LogP contribution in [0.2, 0.25) is 0 Å². The van der Waals surface area contributed by atoms with Crippen LogP contribution < -0.4 is 5.32 Å². The summed E-state index contributed by atoms with van der Waals surface area (Å²) < 4.78 is 12.1. The number of amides is 1. The monoisotopic (exact) mass is 463 g/mol. The molecular formula is C27H33N3O4. The lowest BCUT2D eigenvalue weighted by Crippen LogP contribution is -2.36. The molecule has 1 aromatic heterocycles. The van der Waals surface area contributed by atoms with Crippen molar-refractivity contribution >= 4 is 11.9 Å². The first kappa shape index (κ1) is 25.2. The minimum atomic E-state index is -0.466. The van der Waals surface area contributed by atoms with Crippen LogP contribution in [0.15, 0.2) is 48.5 Å². The molecule has 1 N–H and O–H groups in total. The Kier molecular flexibility index (Phi) is 8.23. The van der Waals surface area contributed by atoms with E-state index in [2.05, 4.69) is 10.4 Å². The van der Waals surface area contributed by atoms with Crippen LogP contribution in [-0.2, 0) is 9.47 Å². The zero-order valence-electron chi connectivity index (χ0n) is 20.7. The van der Waals surface area contributed by atoms with E-state index in [-0.39, 0.29) is 30.2 Å². The van der Waals surface area contributed by atoms with Crippen molar-refractivity contribution in [3.8, 4) is 16.8 Å². The molecule has 1 amide bonds. The Morgan fingerprint density at radius 3 is 2.38 bits per heavy atom. The summed E-state index contributed by atoms with van der Waals surface area (Å²) >= 11 is 0. The van der Waals surface area contributed by atoms with Gasteiger partial charge in [-0.05, 0) is 61.6 Å². The van der Waals surface area contributed by atoms with Crippen LogP contribution in [0.3, 0.4) is 0 Å². The van der Waals surface area contributed by atoms with Crippen LogP contribution >= 0.6 is 0 Å². The summed E-state index contributed by atoms with van der Waals surface area (Å²) in [6.45, 7) is 10.3. The second kappa shape index (κ2) is 11.1. The fourth-order valence-electron chi connectivity index (χ4n) is 3.85. The smallest absolute Gasteiger partial charge is 0.358 e. The lowest BCUT2D eigenvalue weighted by atomic mass is 9.97. The summed E-state index contributed by atoms with van der Waals surface area (Å²) in [4.78, 5) is 25.7. The number of esters is 1. The van der Waals surface area contributed by atoms with Gasteiger partial charge in [-0.3, -0.25) is 4.79 Å². The van der Waals surface area contributed by atoms with Crippen LogP contribution in [0.25, 0.3) is 16.8 Å². The highest BCUT2D eigenvalue weighted by molar-refractivity contribution is 5.98. The van der Waals surface area contributed by atoms with Gasteiger partial charge < -0.3 is 14.8 Å². The van der Waals surface area contributed by atoms with E-state index >= 15 is 0 Å². The summed E-state index contributed by atoms with van der Waals surface area (Å²) in [6.07, 6.45) is 0. The number of methoxy groups -OCH3 is 1. The van der Waals surface area contributed by atoms with Gasteiger partial charge in [0.25, 0.3) is 5.91 Å². The largest absolute Gasteiger partial charge is 0.461 e. The van der Waals surface area contributed by atoms with Gasteiger partial charge >= 0.3 is 5.97 Å². The number of carbonyl (C=O) groups excluding carboxylic acids is 2. The number of benzene rings is 2. The highest BCUT2D eigenvalue weighted by Gasteiger charge is 2.23. The van der Waals surface area contributed by atoms with Crippen LogP contribution in [-0.4, -0.2) is 48.0 Å². The van der Waals surface area contributed by atoms with E-state index in [1.165, 1.54) is 0 Å². The van der Waals surface area contributed by atoms with E-state index < -0.39 is 5.97 Å². The molecule has 0 bridgehead atoms. The summed E-state index contributed by atoms with van der Waals surface area (Å²) in [5, 5.41) is 7.60. The zero-order chi connectivity index (χ0) is 24.8. The van der Waals surface area contributed by atoms with E-state index in [1.54, 1.807) is 24.8 Å². The summed E-state index contributed by atoms with van der Waals surface area (Å²) in [7, 11) is 1.61. The van der Waals surface area contributed by atoms with Crippen LogP contribution in [0.5, 0.6) is 0 Å². The van der Waals surface area contributed by atoms with Crippen molar-refractivity contribution in [2.45, 2.75) is 46.6 Å². The Hall–Kier alpha value is -3.45. The molecule has 3 rings (SSSR count). The number of hydrogen-bond donors (Lipinski definition) is 1. The third-order valence-electron chi connectivity index (χ3n) is 5.57. The van der Waals surface area contributed by atoms with Crippen molar-refractivity contribution in [1.82, 2.24) is 15.1 Å². The first-order chi connectivity index (χ1) is 16.3. The molecule has 1 heterocycles. The number of ether oxygens (including phenoxy) is 2. The Morgan fingerprint density at radius 2 is 1.76 bits per heavy atom. The number of nitrogens with one attached hydrogen (secondary N) is 1. The standard InChI is InChI=1S/C27H33N3O4/c1-7-34-27(32)23-15-24(17(2)3)30(29-23)25-14-21(20-11-9-8-10-12-20)13-22(19(25)5)26(31)28-18(4)16-33-6/h8-15,17-18H,7,16H2,1-6H3,(H,28,31). The summed E-state index contributed by atoms with van der Waals surface area (Å²) in [5.74, 6) is -0.564. The highest BCUT2D eigenvalue weighted by atomic mass is 16.5. The fraction of sp³-hybridized carbons (Fsp3) is 0.370.